The van der Waals surface area contributed by atoms with Gasteiger partial charge in [0.25, 0.3) is 5.91 Å². The second-order valence-corrected chi connectivity index (χ2v) is 12.4. The molecule has 0 saturated carbocycles. The highest BCUT2D eigenvalue weighted by Crippen LogP contribution is 2.43. The lowest BCUT2D eigenvalue weighted by Crippen LogP contribution is -2.38. The van der Waals surface area contributed by atoms with Crippen LogP contribution in [0.2, 0.25) is 0 Å². The summed E-state index contributed by atoms with van der Waals surface area (Å²) >= 11 is 1.79. The van der Waals surface area contributed by atoms with Crippen molar-refractivity contribution < 1.29 is 19.4 Å². The van der Waals surface area contributed by atoms with E-state index in [1.807, 2.05) is 78.9 Å². The molecule has 6 rings (SSSR count). The first-order valence-corrected chi connectivity index (χ1v) is 16.3. The zero-order chi connectivity index (χ0) is 31.0. The topological polar surface area (TPSA) is 67.8 Å². The summed E-state index contributed by atoms with van der Waals surface area (Å²) in [5, 5.41) is 12.6. The van der Waals surface area contributed by atoms with Crippen LogP contribution < -0.4 is 5.32 Å². The minimum Gasteiger partial charge on any atom is -0.392 e. The SMILES string of the molecule is C[C@H]1[C@@H](CSc2ccccc2)O[C@@H](c2ccc(-c3ccccc3CNC(=O)c3ccccc3)cc2)O[C@H]1c1ccc(CO)cc1. The summed E-state index contributed by atoms with van der Waals surface area (Å²) in [5.74, 6) is 0.827. The van der Waals surface area contributed by atoms with E-state index in [0.29, 0.717) is 12.1 Å². The molecule has 6 heteroatoms. The Kier molecular flexibility index (Phi) is 10.1. The van der Waals surface area contributed by atoms with Crippen molar-refractivity contribution in [3.8, 4) is 11.1 Å². The second-order valence-electron chi connectivity index (χ2n) is 11.3. The van der Waals surface area contributed by atoms with Crippen molar-refractivity contribution in [3.63, 3.8) is 0 Å². The summed E-state index contributed by atoms with van der Waals surface area (Å²) in [6.45, 7) is 2.63. The molecule has 1 saturated heterocycles. The van der Waals surface area contributed by atoms with Crippen molar-refractivity contribution in [2.75, 3.05) is 5.75 Å². The fourth-order valence-electron chi connectivity index (χ4n) is 5.65. The van der Waals surface area contributed by atoms with Crippen LogP contribution in [0.25, 0.3) is 11.1 Å². The van der Waals surface area contributed by atoms with Gasteiger partial charge in [0, 0.05) is 34.2 Å². The molecule has 0 spiro atoms. The van der Waals surface area contributed by atoms with Crippen LogP contribution in [-0.4, -0.2) is 22.9 Å². The molecule has 1 fully saturated rings. The fraction of sp³-hybridized carbons (Fsp3) is 0.205. The third-order valence-corrected chi connectivity index (χ3v) is 9.37. The normalized spacial score (nSPS) is 19.6. The number of thioether (sulfide) groups is 1. The van der Waals surface area contributed by atoms with Gasteiger partial charge >= 0.3 is 0 Å². The largest absolute Gasteiger partial charge is 0.392 e. The Hall–Kier alpha value is -4.20. The molecule has 4 atom stereocenters. The van der Waals surface area contributed by atoms with Crippen LogP contribution in [0.15, 0.2) is 138 Å². The molecule has 1 heterocycles. The van der Waals surface area contributed by atoms with Gasteiger partial charge in [-0.1, -0.05) is 116 Å². The first-order chi connectivity index (χ1) is 22.1. The zero-order valence-electron chi connectivity index (χ0n) is 25.2. The van der Waals surface area contributed by atoms with E-state index in [0.717, 1.165) is 39.1 Å². The number of benzene rings is 5. The molecule has 0 unspecified atom stereocenters. The zero-order valence-corrected chi connectivity index (χ0v) is 26.0. The third kappa shape index (κ3) is 7.55. The van der Waals surface area contributed by atoms with Crippen LogP contribution in [0.5, 0.6) is 0 Å². The Morgan fingerprint density at radius 1 is 0.756 bits per heavy atom. The Morgan fingerprint density at radius 3 is 2.11 bits per heavy atom. The molecule has 228 valence electrons. The Morgan fingerprint density at radius 2 is 1.40 bits per heavy atom. The first kappa shape index (κ1) is 30.8. The summed E-state index contributed by atoms with van der Waals surface area (Å²) in [6, 6.07) is 44.1. The van der Waals surface area contributed by atoms with Gasteiger partial charge in [0.1, 0.15) is 0 Å². The maximum Gasteiger partial charge on any atom is 0.251 e. The Balaban J connectivity index is 1.21. The number of ether oxygens (including phenoxy) is 2. The van der Waals surface area contributed by atoms with Gasteiger partial charge in [-0.3, -0.25) is 4.79 Å². The number of nitrogens with one attached hydrogen (secondary N) is 1. The van der Waals surface area contributed by atoms with Crippen molar-refractivity contribution >= 4 is 17.7 Å². The number of carbonyl (C=O) groups excluding carboxylic acids is 1. The van der Waals surface area contributed by atoms with Gasteiger partial charge in [-0.05, 0) is 52.1 Å². The standard InChI is InChI=1S/C39H37NO4S/c1-27-36(26-45-34-13-6-3-7-14-34)43-39(44-37(27)30-18-16-28(25-41)17-19-30)32-22-20-29(21-23-32)35-15-9-8-12-33(35)24-40-38(42)31-10-4-2-5-11-31/h2-23,27,36-37,39,41H,24-26H2,1H3,(H,40,42)/t27-,36+,37+,39+/m0/s1. The highest BCUT2D eigenvalue weighted by Gasteiger charge is 2.38. The number of aliphatic hydroxyl groups excluding tert-OH is 1. The smallest absolute Gasteiger partial charge is 0.251 e. The van der Waals surface area contributed by atoms with Gasteiger partial charge < -0.3 is 19.9 Å². The van der Waals surface area contributed by atoms with Gasteiger partial charge in [0.15, 0.2) is 6.29 Å². The summed E-state index contributed by atoms with van der Waals surface area (Å²) in [5.41, 5.74) is 6.71. The predicted molar refractivity (Wildman–Crippen MR) is 180 cm³/mol. The molecule has 1 amide bonds. The summed E-state index contributed by atoms with van der Waals surface area (Å²) in [6.07, 6.45) is -0.726. The van der Waals surface area contributed by atoms with E-state index >= 15 is 0 Å². The molecule has 0 radical (unpaired) electrons. The van der Waals surface area contributed by atoms with Crippen LogP contribution in [0.1, 0.15) is 51.9 Å². The lowest BCUT2D eigenvalue weighted by atomic mass is 9.91. The molecular weight excluding hydrogens is 578 g/mol. The van der Waals surface area contributed by atoms with Gasteiger partial charge in [-0.25, -0.2) is 0 Å². The van der Waals surface area contributed by atoms with Crippen molar-refractivity contribution in [3.05, 3.63) is 161 Å². The number of carbonyl (C=O) groups is 1. The van der Waals surface area contributed by atoms with Gasteiger partial charge in [-0.15, -0.1) is 11.8 Å². The minimum absolute atomic E-state index is 0.0122. The lowest BCUT2D eigenvalue weighted by Gasteiger charge is -2.41. The van der Waals surface area contributed by atoms with Crippen molar-refractivity contribution in [1.82, 2.24) is 5.32 Å². The molecule has 5 aromatic carbocycles. The lowest BCUT2D eigenvalue weighted by molar-refractivity contribution is -0.268. The highest BCUT2D eigenvalue weighted by molar-refractivity contribution is 7.99. The van der Waals surface area contributed by atoms with Crippen molar-refractivity contribution in [2.45, 2.75) is 43.5 Å². The summed E-state index contributed by atoms with van der Waals surface area (Å²) in [7, 11) is 0. The number of amides is 1. The average molecular weight is 616 g/mol. The van der Waals surface area contributed by atoms with Crippen LogP contribution in [0.3, 0.4) is 0 Å². The quantitative estimate of drug-likeness (QED) is 0.155. The third-order valence-electron chi connectivity index (χ3n) is 8.27. The maximum atomic E-state index is 12.7. The van der Waals surface area contributed by atoms with Crippen molar-refractivity contribution in [2.24, 2.45) is 5.92 Å². The fourth-order valence-corrected chi connectivity index (χ4v) is 6.74. The molecule has 0 bridgehead atoms. The van der Waals surface area contributed by atoms with Gasteiger partial charge in [0.05, 0.1) is 18.8 Å². The number of aliphatic hydroxyl groups is 1. The van der Waals surface area contributed by atoms with Crippen molar-refractivity contribution in [1.29, 1.82) is 0 Å². The number of hydrogen-bond donors (Lipinski definition) is 2. The second kappa shape index (κ2) is 14.7. The first-order valence-electron chi connectivity index (χ1n) is 15.3. The molecular formula is C39H37NO4S. The minimum atomic E-state index is -0.528. The van der Waals surface area contributed by atoms with E-state index in [1.165, 1.54) is 4.90 Å². The van der Waals surface area contributed by atoms with Crippen LogP contribution in [-0.2, 0) is 22.6 Å². The van der Waals surface area contributed by atoms with Crippen LogP contribution in [0.4, 0.5) is 0 Å². The van der Waals surface area contributed by atoms with E-state index in [4.69, 9.17) is 9.47 Å². The van der Waals surface area contributed by atoms with E-state index in [2.05, 4.69) is 66.8 Å². The van der Waals surface area contributed by atoms with E-state index in [1.54, 1.807) is 11.8 Å². The summed E-state index contributed by atoms with van der Waals surface area (Å²) < 4.78 is 13.3. The van der Waals surface area contributed by atoms with E-state index < -0.39 is 6.29 Å². The monoisotopic (exact) mass is 615 g/mol. The molecule has 0 aromatic heterocycles. The molecule has 0 aliphatic carbocycles. The summed E-state index contributed by atoms with van der Waals surface area (Å²) in [4.78, 5) is 13.9. The molecule has 5 nitrogen and oxygen atoms in total. The molecule has 2 N–H and O–H groups in total. The highest BCUT2D eigenvalue weighted by atomic mass is 32.2. The Bertz CT molecular complexity index is 1680. The molecule has 1 aliphatic rings. The number of hydrogen-bond acceptors (Lipinski definition) is 5. The van der Waals surface area contributed by atoms with Gasteiger partial charge in [0.2, 0.25) is 0 Å². The van der Waals surface area contributed by atoms with Gasteiger partial charge in [-0.2, -0.15) is 0 Å². The van der Waals surface area contributed by atoms with Crippen LogP contribution >= 0.6 is 11.8 Å². The molecule has 1 aliphatic heterocycles. The number of rotatable bonds is 10. The average Bonchev–Trinajstić information content (AvgIpc) is 3.11. The van der Waals surface area contributed by atoms with Crippen LogP contribution in [0, 0.1) is 5.92 Å². The maximum absolute atomic E-state index is 12.7. The molecule has 5 aromatic rings. The Labute approximate surface area is 269 Å². The molecule has 45 heavy (non-hydrogen) atoms. The predicted octanol–water partition coefficient (Wildman–Crippen LogP) is 8.36. The van der Waals surface area contributed by atoms with E-state index in [-0.39, 0.29) is 30.6 Å². The van der Waals surface area contributed by atoms with E-state index in [9.17, 15) is 9.90 Å².